The number of aliphatic hydroxyl groups excluding tert-OH is 1. The van der Waals surface area contributed by atoms with E-state index in [9.17, 15) is 5.11 Å². The number of aromatic amines is 1. The van der Waals surface area contributed by atoms with E-state index in [4.69, 9.17) is 0 Å². The Bertz CT molecular complexity index is 550. The van der Waals surface area contributed by atoms with Gasteiger partial charge >= 0.3 is 0 Å². The van der Waals surface area contributed by atoms with Crippen molar-refractivity contribution in [2.24, 2.45) is 0 Å². The highest BCUT2D eigenvalue weighted by atomic mass is 16.3. The Balaban J connectivity index is 1.66. The quantitative estimate of drug-likeness (QED) is 0.881. The van der Waals surface area contributed by atoms with Crippen LogP contribution in [-0.4, -0.2) is 33.1 Å². The molecule has 1 aliphatic rings. The van der Waals surface area contributed by atoms with E-state index < -0.39 is 6.10 Å². The molecule has 0 saturated carbocycles. The number of hydrogen-bond donors (Lipinski definition) is 2. The zero-order chi connectivity index (χ0) is 13.2. The van der Waals surface area contributed by atoms with Crippen LogP contribution in [0.3, 0.4) is 0 Å². The lowest BCUT2D eigenvalue weighted by Crippen LogP contribution is -2.34. The van der Waals surface area contributed by atoms with Crippen LogP contribution in [0.4, 0.5) is 0 Å². The topological polar surface area (TPSA) is 52.2 Å². The van der Waals surface area contributed by atoms with Crippen LogP contribution >= 0.6 is 0 Å². The van der Waals surface area contributed by atoms with E-state index in [1.807, 2.05) is 37.3 Å². The van der Waals surface area contributed by atoms with Crippen LogP contribution in [0.5, 0.6) is 0 Å². The Labute approximate surface area is 113 Å². The maximum Gasteiger partial charge on any atom is 0.103 e. The van der Waals surface area contributed by atoms with Crippen LogP contribution in [0.25, 0.3) is 0 Å². The standard InChI is InChI=1S/C15H19N3O/c1-11-16-13-7-8-18(9-14(13)17-11)10-15(19)12-5-3-2-4-6-12/h2-6,15,19H,7-10H2,1H3,(H,16,17). The smallest absolute Gasteiger partial charge is 0.103 e. The van der Waals surface area contributed by atoms with Crippen molar-refractivity contribution in [2.75, 3.05) is 13.1 Å². The average molecular weight is 257 g/mol. The summed E-state index contributed by atoms with van der Waals surface area (Å²) >= 11 is 0. The van der Waals surface area contributed by atoms with Crippen molar-refractivity contribution in [2.45, 2.75) is 26.0 Å². The lowest BCUT2D eigenvalue weighted by molar-refractivity contribution is 0.105. The normalized spacial score (nSPS) is 17.2. The van der Waals surface area contributed by atoms with Gasteiger partial charge in [-0.25, -0.2) is 4.98 Å². The number of β-amino-alcohol motifs (C(OH)–C–C–N with tert-alkyl or cyclic N) is 1. The third-order valence-corrected chi connectivity index (χ3v) is 3.64. The van der Waals surface area contributed by atoms with E-state index in [0.717, 1.165) is 30.9 Å². The van der Waals surface area contributed by atoms with Gasteiger partial charge in [0.05, 0.1) is 17.5 Å². The van der Waals surface area contributed by atoms with E-state index in [1.165, 1.54) is 11.4 Å². The van der Waals surface area contributed by atoms with Crippen LogP contribution in [0, 0.1) is 6.92 Å². The minimum absolute atomic E-state index is 0.424. The van der Waals surface area contributed by atoms with Gasteiger partial charge in [-0.3, -0.25) is 4.90 Å². The summed E-state index contributed by atoms with van der Waals surface area (Å²) in [6, 6.07) is 9.84. The Morgan fingerprint density at radius 1 is 1.37 bits per heavy atom. The molecule has 2 heterocycles. The van der Waals surface area contributed by atoms with Crippen LogP contribution in [0.15, 0.2) is 30.3 Å². The summed E-state index contributed by atoms with van der Waals surface area (Å²) in [5.74, 6) is 0.982. The summed E-state index contributed by atoms with van der Waals surface area (Å²) in [6.45, 7) is 4.46. The predicted molar refractivity (Wildman–Crippen MR) is 73.7 cm³/mol. The van der Waals surface area contributed by atoms with E-state index in [0.29, 0.717) is 6.54 Å². The fourth-order valence-corrected chi connectivity index (χ4v) is 2.67. The molecule has 3 rings (SSSR count). The summed E-state index contributed by atoms with van der Waals surface area (Å²) < 4.78 is 0. The van der Waals surface area contributed by atoms with Gasteiger partial charge in [-0.15, -0.1) is 0 Å². The van der Waals surface area contributed by atoms with Gasteiger partial charge in [0.25, 0.3) is 0 Å². The molecule has 0 spiro atoms. The van der Waals surface area contributed by atoms with E-state index in [2.05, 4.69) is 14.9 Å². The fourth-order valence-electron chi connectivity index (χ4n) is 2.67. The number of nitrogens with zero attached hydrogens (tertiary/aromatic N) is 2. The molecule has 1 aliphatic heterocycles. The molecule has 4 nitrogen and oxygen atoms in total. The van der Waals surface area contributed by atoms with Gasteiger partial charge in [-0.2, -0.15) is 0 Å². The maximum atomic E-state index is 10.3. The second-order valence-electron chi connectivity index (χ2n) is 5.16. The summed E-state index contributed by atoms with van der Waals surface area (Å²) in [4.78, 5) is 10.1. The molecule has 1 aromatic heterocycles. The molecule has 19 heavy (non-hydrogen) atoms. The lowest BCUT2D eigenvalue weighted by Gasteiger charge is -2.28. The number of rotatable bonds is 3. The number of aryl methyl sites for hydroxylation is 1. The zero-order valence-electron chi connectivity index (χ0n) is 11.1. The monoisotopic (exact) mass is 257 g/mol. The summed E-state index contributed by atoms with van der Waals surface area (Å²) in [5, 5.41) is 10.3. The molecule has 1 aromatic carbocycles. The summed E-state index contributed by atoms with van der Waals surface area (Å²) in [5.41, 5.74) is 3.36. The van der Waals surface area contributed by atoms with Crippen molar-refractivity contribution in [1.82, 2.24) is 14.9 Å². The first-order valence-corrected chi connectivity index (χ1v) is 6.72. The highest BCUT2D eigenvalue weighted by Gasteiger charge is 2.21. The molecule has 0 radical (unpaired) electrons. The molecule has 4 heteroatoms. The number of hydrogen-bond acceptors (Lipinski definition) is 3. The maximum absolute atomic E-state index is 10.3. The Hall–Kier alpha value is -1.65. The van der Waals surface area contributed by atoms with Crippen LogP contribution < -0.4 is 0 Å². The van der Waals surface area contributed by atoms with Crippen molar-refractivity contribution >= 4 is 0 Å². The molecule has 0 bridgehead atoms. The second-order valence-corrected chi connectivity index (χ2v) is 5.16. The fraction of sp³-hybridized carbons (Fsp3) is 0.400. The third kappa shape index (κ3) is 2.69. The molecular formula is C15H19N3O. The summed E-state index contributed by atoms with van der Waals surface area (Å²) in [7, 11) is 0. The summed E-state index contributed by atoms with van der Waals surface area (Å²) in [6.07, 6.45) is 0.535. The highest BCUT2D eigenvalue weighted by molar-refractivity contribution is 5.19. The molecular weight excluding hydrogens is 238 g/mol. The van der Waals surface area contributed by atoms with E-state index in [-0.39, 0.29) is 0 Å². The van der Waals surface area contributed by atoms with Crippen molar-refractivity contribution < 1.29 is 5.11 Å². The van der Waals surface area contributed by atoms with Gasteiger partial charge < -0.3 is 10.1 Å². The van der Waals surface area contributed by atoms with Crippen molar-refractivity contribution in [1.29, 1.82) is 0 Å². The largest absolute Gasteiger partial charge is 0.387 e. The van der Waals surface area contributed by atoms with Crippen molar-refractivity contribution in [3.8, 4) is 0 Å². The number of imidazole rings is 1. The Kier molecular flexibility index (Phi) is 3.36. The number of aliphatic hydroxyl groups is 1. The number of aromatic nitrogens is 2. The van der Waals surface area contributed by atoms with Gasteiger partial charge in [-0.1, -0.05) is 30.3 Å². The molecule has 0 aliphatic carbocycles. The number of benzene rings is 1. The Morgan fingerprint density at radius 3 is 2.95 bits per heavy atom. The van der Waals surface area contributed by atoms with Crippen molar-refractivity contribution in [3.05, 3.63) is 53.1 Å². The molecule has 1 atom stereocenters. The lowest BCUT2D eigenvalue weighted by atomic mass is 10.1. The zero-order valence-corrected chi connectivity index (χ0v) is 11.1. The van der Waals surface area contributed by atoms with Crippen LogP contribution in [-0.2, 0) is 13.0 Å². The molecule has 0 fully saturated rings. The second kappa shape index (κ2) is 5.15. The first-order chi connectivity index (χ1) is 9.22. The minimum atomic E-state index is -0.424. The van der Waals surface area contributed by atoms with Crippen LogP contribution in [0.1, 0.15) is 28.9 Å². The SMILES string of the molecule is Cc1nc2c([nH]1)CN(CC(O)c1ccccc1)CC2. The molecule has 0 amide bonds. The van der Waals surface area contributed by atoms with Gasteiger partial charge in [-0.05, 0) is 12.5 Å². The molecule has 100 valence electrons. The number of fused-ring (bicyclic) bond motifs is 1. The predicted octanol–water partition coefficient (Wildman–Crippen LogP) is 1.81. The first-order valence-electron chi connectivity index (χ1n) is 6.72. The number of nitrogens with one attached hydrogen (secondary N) is 1. The van der Waals surface area contributed by atoms with Gasteiger partial charge in [0.15, 0.2) is 0 Å². The Morgan fingerprint density at radius 2 is 2.16 bits per heavy atom. The van der Waals surface area contributed by atoms with Crippen molar-refractivity contribution in [3.63, 3.8) is 0 Å². The highest BCUT2D eigenvalue weighted by Crippen LogP contribution is 2.20. The van der Waals surface area contributed by atoms with Gasteiger partial charge in [0.2, 0.25) is 0 Å². The number of H-pyrrole nitrogens is 1. The molecule has 0 saturated heterocycles. The average Bonchev–Trinajstić information content (AvgIpc) is 2.79. The van der Waals surface area contributed by atoms with Gasteiger partial charge in [0, 0.05) is 26.1 Å². The molecule has 2 N–H and O–H groups in total. The minimum Gasteiger partial charge on any atom is -0.387 e. The van der Waals surface area contributed by atoms with E-state index in [1.54, 1.807) is 0 Å². The van der Waals surface area contributed by atoms with Gasteiger partial charge in [0.1, 0.15) is 5.82 Å². The molecule has 1 unspecified atom stereocenters. The molecule has 2 aromatic rings. The third-order valence-electron chi connectivity index (χ3n) is 3.64. The first kappa shape index (κ1) is 12.4. The van der Waals surface area contributed by atoms with E-state index >= 15 is 0 Å². The van der Waals surface area contributed by atoms with Crippen LogP contribution in [0.2, 0.25) is 0 Å².